The Morgan fingerprint density at radius 3 is 0.958 bits per heavy atom. The summed E-state index contributed by atoms with van der Waals surface area (Å²) in [7, 11) is -14.4. The molecule has 0 unspecified atom stereocenters. The number of halogens is 4. The Balaban J connectivity index is 0.000000161. The highest BCUT2D eigenvalue weighted by Gasteiger charge is 2.30. The third kappa shape index (κ3) is 26.6. The van der Waals surface area contributed by atoms with Crippen molar-refractivity contribution in [2.45, 2.75) is 164 Å². The second kappa shape index (κ2) is 47.8. The quantitative estimate of drug-likeness (QED) is 0.00971. The number of nitrogens with one attached hydrogen (secondary N) is 4. The standard InChI is InChI=1S/C25H29ClN5O5P.2C24H27ClN5O6P.C24H26ClN5O3/c1-3-4-5-21-30-23-24(31(21)14-17-7-9-20(15(2)10-17)36-37(33,34)35)18-8-6-16(13-28-22(32)12-26)11-19(18)29-25(23)27;1-2-3-7-19-29-21-22(30(19)13-15-5-4-6-18(23(15)32)36-37(33,34)35)16-9-8-14(12-27-20(31)11-25)10-17(16)28-24(21)26;1-2-3-7-19-29-21-22(30(19)13-15-5-4-6-18(31)23(15)36-37(33,34)35)16-9-8-14(12-27-20(32)11-25)10-17(16)28-24(21)26;1-2-3-7-19-29-21-22(30(19)13-15-5-4-6-18(31)23(15)33)16-9-8-14(12-27-20(32)11-25)10-17(16)28-24(21)26/h6-11H,3-5,12-14H2,1-2H3,(H2,27,29)(H,28,32)(H2,33,34,35);4-6,8-10,32H,2-3,7,11-13H2,1H3,(H2,26,28)(H,27,31)(H2,33,34,35);4-6,8-10,31H,2-3,7,11-13H2,1H3,(H2,26,28)(H,27,32)(H2,33,34,35);4-6,8-10,31,33H,2-3,7,11-13H2,1H3,(H2,26,28)(H,27,32). The fraction of sp³-hybridized carbons (Fsp3) is 0.299. The summed E-state index contributed by atoms with van der Waals surface area (Å²) in [6, 6.07) is 41.7. The molecule has 0 saturated heterocycles. The van der Waals surface area contributed by atoms with Gasteiger partial charge in [0.2, 0.25) is 23.6 Å². The molecule has 8 heterocycles. The number of para-hydroxylation sites is 3. The van der Waals surface area contributed by atoms with Crippen LogP contribution in [-0.2, 0) is 111 Å². The second-order valence-corrected chi connectivity index (χ2v) is 38.4. The van der Waals surface area contributed by atoms with Gasteiger partial charge in [0.05, 0.1) is 63.8 Å². The minimum Gasteiger partial charge on any atom is -0.504 e. The molecule has 760 valence electrons. The Morgan fingerprint density at radius 2 is 0.639 bits per heavy atom. The van der Waals surface area contributed by atoms with Crippen LogP contribution in [-0.4, -0.2) is 155 Å². The number of unbranched alkanes of at least 4 members (excludes halogenated alkanes) is 4. The molecule has 144 heavy (non-hydrogen) atoms. The highest BCUT2D eigenvalue weighted by molar-refractivity contribution is 7.47. The average Bonchev–Trinajstić information content (AvgIpc) is 1.59. The van der Waals surface area contributed by atoms with E-state index in [4.69, 9.17) is 108 Å². The summed E-state index contributed by atoms with van der Waals surface area (Å²) < 4.78 is 56.4. The molecular weight excluding hydrogens is 2000 g/mol. The number of pyridine rings is 4. The minimum absolute atomic E-state index is 0.0962. The second-order valence-electron chi connectivity index (χ2n) is 33.9. The first kappa shape index (κ1) is 108. The van der Waals surface area contributed by atoms with Crippen molar-refractivity contribution in [2.75, 3.05) is 46.5 Å². The number of benzene rings is 8. The number of hydrogen-bond donors (Lipinski definition) is 18. The Bertz CT molecular complexity index is 7660. The zero-order valence-electron chi connectivity index (χ0n) is 78.9. The topological polar surface area (TPSA) is 625 Å². The molecule has 0 aliphatic heterocycles. The van der Waals surface area contributed by atoms with E-state index in [0.29, 0.717) is 134 Å². The van der Waals surface area contributed by atoms with Crippen LogP contribution < -0.4 is 57.8 Å². The van der Waals surface area contributed by atoms with Crippen molar-refractivity contribution in [1.82, 2.24) is 79.4 Å². The molecule has 0 radical (unpaired) electrons. The van der Waals surface area contributed by atoms with E-state index in [1.54, 1.807) is 55.5 Å². The Morgan fingerprint density at radius 1 is 0.347 bits per heavy atom. The molecule has 47 heteroatoms. The number of aromatic hydroxyl groups is 4. The molecule has 0 aliphatic carbocycles. The zero-order valence-corrected chi connectivity index (χ0v) is 84.6. The predicted molar refractivity (Wildman–Crippen MR) is 554 cm³/mol. The van der Waals surface area contributed by atoms with Crippen LogP contribution in [0.15, 0.2) is 146 Å². The fourth-order valence-electron chi connectivity index (χ4n) is 16.5. The van der Waals surface area contributed by atoms with Gasteiger partial charge in [0, 0.05) is 96.6 Å². The summed E-state index contributed by atoms with van der Waals surface area (Å²) in [5.41, 5.74) is 39.4. The van der Waals surface area contributed by atoms with E-state index < -0.39 is 29.2 Å². The SMILES string of the molecule is CCCCc1nc2c(N)nc3cc(CNC(=O)CCl)ccc3c2n1Cc1ccc(OP(=O)(O)O)c(C)c1.CCCCc1nc2c(N)nc3cc(CNC(=O)CCl)ccc3c2n1Cc1cccc(O)c1O.CCCCc1nc2c(N)nc3cc(CNC(=O)CCl)ccc3c2n1Cc1cccc(O)c1OP(=O)(O)O.CCCCc1nc2c(N)nc3cc(CNC(=O)CCl)ccc3c2n1Cc1cccc(OP(=O)(O)O)c1O. The Hall–Kier alpha value is -13.4. The number of nitrogens with zero attached hydrogens (tertiary/aromatic N) is 12. The van der Waals surface area contributed by atoms with E-state index in [1.807, 2.05) is 92.6 Å². The van der Waals surface area contributed by atoms with Gasteiger partial charge in [-0.25, -0.2) is 53.6 Å². The number of carbonyl (C=O) groups is 4. The number of aryl methyl sites for hydroxylation is 5. The number of phosphoric acid groups is 3. The summed E-state index contributed by atoms with van der Waals surface area (Å²) in [5, 5.41) is 55.6. The maximum absolute atomic E-state index is 11.6. The van der Waals surface area contributed by atoms with Crippen LogP contribution in [0.2, 0.25) is 0 Å². The van der Waals surface area contributed by atoms with E-state index >= 15 is 0 Å². The van der Waals surface area contributed by atoms with Crippen LogP contribution in [0.25, 0.3) is 87.7 Å². The van der Waals surface area contributed by atoms with Gasteiger partial charge in [-0.3, -0.25) is 48.5 Å². The summed E-state index contributed by atoms with van der Waals surface area (Å²) in [5.74, 6) is 1.15. The lowest BCUT2D eigenvalue weighted by atomic mass is 10.1. The average molecular weight is 2110 g/mol. The van der Waals surface area contributed by atoms with Crippen LogP contribution in [0.3, 0.4) is 0 Å². The number of phosphoric ester groups is 3. The zero-order chi connectivity index (χ0) is 104. The first-order valence-corrected chi connectivity index (χ1v) is 52.5. The van der Waals surface area contributed by atoms with Crippen molar-refractivity contribution < 1.29 is 96.2 Å². The molecule has 0 atom stereocenters. The van der Waals surface area contributed by atoms with Gasteiger partial charge in [0.15, 0.2) is 57.8 Å². The van der Waals surface area contributed by atoms with E-state index in [2.05, 4.69) is 78.0 Å². The number of amides is 4. The molecule has 16 rings (SSSR count). The molecule has 0 saturated carbocycles. The maximum atomic E-state index is 11.6. The molecule has 0 spiro atoms. The van der Waals surface area contributed by atoms with Gasteiger partial charge in [0.1, 0.15) is 74.6 Å². The number of phenols is 4. The minimum atomic E-state index is -4.93. The Kier molecular flexibility index (Phi) is 35.8. The maximum Gasteiger partial charge on any atom is 0.524 e. The summed E-state index contributed by atoms with van der Waals surface area (Å²) in [4.78, 5) is 139. The van der Waals surface area contributed by atoms with Crippen molar-refractivity contribution in [2.24, 2.45) is 0 Å². The number of carbonyl (C=O) groups excluding carboxylic acids is 4. The van der Waals surface area contributed by atoms with E-state index in [9.17, 15) is 72.9 Å². The number of nitrogen functional groups attached to an aromatic ring is 4. The molecule has 8 aromatic carbocycles. The third-order valence-electron chi connectivity index (χ3n) is 23.3. The molecule has 0 bridgehead atoms. The number of rotatable bonds is 38. The summed E-state index contributed by atoms with van der Waals surface area (Å²) in [6.07, 6.45) is 10.3. The Labute approximate surface area is 844 Å². The number of fused-ring (bicyclic) bond motifs is 12. The molecule has 4 amide bonds. The fourth-order valence-corrected chi connectivity index (χ4v) is 18.2. The monoisotopic (exact) mass is 2110 g/mol. The number of hydrogen-bond acceptors (Lipinski definition) is 26. The molecule has 8 aromatic heterocycles. The van der Waals surface area contributed by atoms with Crippen molar-refractivity contribution >= 4 is 205 Å². The molecule has 16 aromatic rings. The third-order valence-corrected chi connectivity index (χ3v) is 25.6. The van der Waals surface area contributed by atoms with Crippen molar-refractivity contribution in [1.29, 1.82) is 0 Å². The summed E-state index contributed by atoms with van der Waals surface area (Å²) in [6.45, 7) is 12.3. The molecule has 40 nitrogen and oxygen atoms in total. The van der Waals surface area contributed by atoms with Crippen molar-refractivity contribution in [3.63, 3.8) is 0 Å². The summed E-state index contributed by atoms with van der Waals surface area (Å²) >= 11 is 22.3. The van der Waals surface area contributed by atoms with E-state index in [0.717, 1.165) is 142 Å². The van der Waals surface area contributed by atoms with Crippen LogP contribution in [0.5, 0.6) is 40.2 Å². The molecular formula is C97H109Cl4N20O20P3. The highest BCUT2D eigenvalue weighted by atomic mass is 35.5. The van der Waals surface area contributed by atoms with Gasteiger partial charge in [-0.2, -0.15) is 0 Å². The first-order chi connectivity index (χ1) is 68.7. The lowest BCUT2D eigenvalue weighted by Gasteiger charge is -2.16. The number of alkyl halides is 4. The van der Waals surface area contributed by atoms with Crippen molar-refractivity contribution in [3.8, 4) is 40.2 Å². The van der Waals surface area contributed by atoms with Crippen LogP contribution in [0.4, 0.5) is 23.3 Å². The van der Waals surface area contributed by atoms with Gasteiger partial charge in [-0.05, 0) is 115 Å². The lowest BCUT2D eigenvalue weighted by molar-refractivity contribution is -0.119. The van der Waals surface area contributed by atoms with Gasteiger partial charge < -0.3 is 96.5 Å². The van der Waals surface area contributed by atoms with Crippen LogP contribution in [0, 0.1) is 6.92 Å². The van der Waals surface area contributed by atoms with Gasteiger partial charge >= 0.3 is 23.5 Å². The first-order valence-electron chi connectivity index (χ1n) is 45.8. The number of phenolic OH excluding ortho intramolecular Hbond substituents is 4. The normalized spacial score (nSPS) is 11.7. The number of anilines is 4. The smallest absolute Gasteiger partial charge is 0.504 e. The molecule has 0 aliphatic rings. The van der Waals surface area contributed by atoms with Gasteiger partial charge in [0.25, 0.3) is 0 Å². The lowest BCUT2D eigenvalue weighted by Crippen LogP contribution is -2.23. The number of nitrogens with two attached hydrogens (primary N) is 4. The van der Waals surface area contributed by atoms with Crippen LogP contribution in [0.1, 0.15) is 152 Å². The molecule has 22 N–H and O–H groups in total. The number of aromatic nitrogens is 12. The molecule has 0 fully saturated rings. The van der Waals surface area contributed by atoms with Crippen molar-refractivity contribution in [3.05, 3.63) is 219 Å². The van der Waals surface area contributed by atoms with E-state index in [1.165, 1.54) is 18.2 Å². The number of imidazole rings is 4. The van der Waals surface area contributed by atoms with Gasteiger partial charge in [-0.15, -0.1) is 46.4 Å². The van der Waals surface area contributed by atoms with Gasteiger partial charge in [-0.1, -0.05) is 150 Å². The van der Waals surface area contributed by atoms with Crippen LogP contribution >= 0.6 is 69.9 Å². The largest absolute Gasteiger partial charge is 0.524 e. The predicted octanol–water partition coefficient (Wildman–Crippen LogP) is 15.2. The highest BCUT2D eigenvalue weighted by Crippen LogP contribution is 2.47. The van der Waals surface area contributed by atoms with E-state index in [-0.39, 0.29) is 119 Å².